The summed E-state index contributed by atoms with van der Waals surface area (Å²) in [5.74, 6) is -0.945. The quantitative estimate of drug-likeness (QED) is 0.705. The van der Waals surface area contributed by atoms with Crippen molar-refractivity contribution in [3.05, 3.63) is 0 Å². The zero-order valence-electron chi connectivity index (χ0n) is 11.2. The van der Waals surface area contributed by atoms with Crippen LogP contribution in [0.3, 0.4) is 0 Å². The first-order valence-electron chi connectivity index (χ1n) is 6.82. The minimum absolute atomic E-state index is 0.120. The van der Waals surface area contributed by atoms with Crippen molar-refractivity contribution in [2.24, 2.45) is 5.92 Å². The first kappa shape index (κ1) is 14.8. The lowest BCUT2D eigenvalue weighted by Crippen LogP contribution is -2.46. The second-order valence-corrected chi connectivity index (χ2v) is 5.19. The molecule has 104 valence electrons. The zero-order chi connectivity index (χ0) is 13.5. The molecule has 5 nitrogen and oxygen atoms in total. The topological polar surface area (TPSA) is 78.4 Å². The largest absolute Gasteiger partial charge is 0.481 e. The zero-order valence-corrected chi connectivity index (χ0v) is 11.2. The van der Waals surface area contributed by atoms with Crippen molar-refractivity contribution in [3.8, 4) is 0 Å². The average molecular weight is 256 g/mol. The molecule has 0 spiro atoms. The molecule has 0 saturated heterocycles. The van der Waals surface area contributed by atoms with E-state index in [0.29, 0.717) is 12.8 Å². The smallest absolute Gasteiger partial charge is 0.315 e. The van der Waals surface area contributed by atoms with E-state index in [2.05, 4.69) is 17.6 Å². The third kappa shape index (κ3) is 4.94. The maximum Gasteiger partial charge on any atom is 0.315 e. The van der Waals surface area contributed by atoms with Crippen LogP contribution < -0.4 is 10.6 Å². The Morgan fingerprint density at radius 3 is 2.39 bits per heavy atom. The monoisotopic (exact) mass is 256 g/mol. The fourth-order valence-electron chi connectivity index (χ4n) is 2.44. The van der Waals surface area contributed by atoms with Crippen LogP contribution in [0, 0.1) is 5.92 Å². The van der Waals surface area contributed by atoms with Crippen molar-refractivity contribution in [1.82, 2.24) is 10.6 Å². The van der Waals surface area contributed by atoms with E-state index >= 15 is 0 Å². The molecule has 2 amide bonds. The van der Waals surface area contributed by atoms with Crippen molar-refractivity contribution < 1.29 is 14.7 Å². The summed E-state index contributed by atoms with van der Waals surface area (Å²) in [5.41, 5.74) is 0. The van der Waals surface area contributed by atoms with Gasteiger partial charge in [-0.15, -0.1) is 0 Å². The summed E-state index contributed by atoms with van der Waals surface area (Å²) < 4.78 is 0. The predicted molar refractivity (Wildman–Crippen MR) is 69.4 cm³/mol. The number of carboxylic acids is 1. The summed E-state index contributed by atoms with van der Waals surface area (Å²) in [6.45, 7) is 4.08. The molecule has 1 aliphatic carbocycles. The fourth-order valence-corrected chi connectivity index (χ4v) is 2.44. The highest BCUT2D eigenvalue weighted by Crippen LogP contribution is 2.24. The number of nitrogens with one attached hydrogen (secondary N) is 2. The lowest BCUT2D eigenvalue weighted by atomic mass is 9.86. The van der Waals surface area contributed by atoms with Gasteiger partial charge in [-0.25, -0.2) is 4.79 Å². The Labute approximate surface area is 108 Å². The fraction of sp³-hybridized carbons (Fsp3) is 0.846. The Kier molecular flexibility index (Phi) is 5.95. The molecule has 1 atom stereocenters. The highest BCUT2D eigenvalue weighted by atomic mass is 16.4. The molecule has 5 heteroatoms. The molecule has 3 N–H and O–H groups in total. The summed E-state index contributed by atoms with van der Waals surface area (Å²) in [5, 5.41) is 14.7. The molecule has 0 aromatic heterocycles. The van der Waals surface area contributed by atoms with E-state index in [9.17, 15) is 9.59 Å². The molecule has 1 fully saturated rings. The van der Waals surface area contributed by atoms with Gasteiger partial charge < -0.3 is 15.7 Å². The van der Waals surface area contributed by atoms with Crippen molar-refractivity contribution >= 4 is 12.0 Å². The van der Waals surface area contributed by atoms with Crippen molar-refractivity contribution in [2.45, 2.75) is 64.5 Å². The Morgan fingerprint density at radius 1 is 1.28 bits per heavy atom. The summed E-state index contributed by atoms with van der Waals surface area (Å²) in [7, 11) is 0. The number of carbonyl (C=O) groups excluding carboxylic acids is 1. The Balaban J connectivity index is 2.24. The van der Waals surface area contributed by atoms with Gasteiger partial charge in [0.05, 0.1) is 5.92 Å². The van der Waals surface area contributed by atoms with Crippen molar-refractivity contribution in [2.75, 3.05) is 0 Å². The second kappa shape index (κ2) is 7.24. The number of amides is 2. The summed E-state index contributed by atoms with van der Waals surface area (Å²) in [6.07, 6.45) is 4.85. The van der Waals surface area contributed by atoms with Crippen molar-refractivity contribution in [1.29, 1.82) is 0 Å². The van der Waals surface area contributed by atoms with Crippen LogP contribution in [-0.4, -0.2) is 29.2 Å². The second-order valence-electron chi connectivity index (χ2n) is 5.19. The molecule has 0 radical (unpaired) electrons. The molecule has 1 aliphatic rings. The standard InChI is InChI=1S/C13H24N2O3/c1-3-4-9(2)14-13(18)15-11-7-5-10(6-8-11)12(16)17/h9-11H,3-8H2,1-2H3,(H,16,17)(H2,14,15,18). The van der Waals surface area contributed by atoms with Crippen molar-refractivity contribution in [3.63, 3.8) is 0 Å². The molecule has 0 aromatic carbocycles. The van der Waals surface area contributed by atoms with E-state index in [0.717, 1.165) is 25.7 Å². The van der Waals surface area contributed by atoms with Gasteiger partial charge in [-0.3, -0.25) is 4.79 Å². The van der Waals surface area contributed by atoms with Crippen LogP contribution in [0.25, 0.3) is 0 Å². The maximum atomic E-state index is 11.7. The van der Waals surface area contributed by atoms with Gasteiger partial charge in [-0.2, -0.15) is 0 Å². The van der Waals surface area contributed by atoms with Crippen LogP contribution >= 0.6 is 0 Å². The molecule has 0 bridgehead atoms. The number of carboxylic acid groups (broad SMARTS) is 1. The molecule has 1 rings (SSSR count). The molecule has 0 aliphatic heterocycles. The van der Waals surface area contributed by atoms with Crippen LogP contribution in [0.4, 0.5) is 4.79 Å². The van der Waals surface area contributed by atoms with Gasteiger partial charge in [0.25, 0.3) is 0 Å². The Morgan fingerprint density at radius 2 is 1.89 bits per heavy atom. The molecular weight excluding hydrogens is 232 g/mol. The van der Waals surface area contributed by atoms with Gasteiger partial charge in [-0.05, 0) is 39.0 Å². The van der Waals surface area contributed by atoms with E-state index in [4.69, 9.17) is 5.11 Å². The molecular formula is C13H24N2O3. The summed E-state index contributed by atoms with van der Waals surface area (Å²) in [6, 6.07) is 0.175. The number of carbonyl (C=O) groups is 2. The predicted octanol–water partition coefficient (Wildman–Crippen LogP) is 2.12. The van der Waals surface area contributed by atoms with Gasteiger partial charge in [0.1, 0.15) is 0 Å². The number of rotatable bonds is 5. The first-order chi connectivity index (χ1) is 8.52. The minimum atomic E-state index is -0.713. The maximum absolute atomic E-state index is 11.7. The van der Waals surface area contributed by atoms with Gasteiger partial charge in [0, 0.05) is 12.1 Å². The van der Waals surface area contributed by atoms with Gasteiger partial charge in [0.15, 0.2) is 0 Å². The number of aliphatic carboxylic acids is 1. The lowest BCUT2D eigenvalue weighted by molar-refractivity contribution is -0.142. The Hall–Kier alpha value is -1.26. The van der Waals surface area contributed by atoms with E-state index in [-0.39, 0.29) is 24.0 Å². The number of hydrogen-bond donors (Lipinski definition) is 3. The van der Waals surface area contributed by atoms with E-state index in [1.165, 1.54) is 0 Å². The van der Waals surface area contributed by atoms with Gasteiger partial charge in [-0.1, -0.05) is 13.3 Å². The molecule has 1 saturated carbocycles. The molecule has 18 heavy (non-hydrogen) atoms. The van der Waals surface area contributed by atoms with Gasteiger partial charge in [0.2, 0.25) is 0 Å². The number of hydrogen-bond acceptors (Lipinski definition) is 2. The summed E-state index contributed by atoms with van der Waals surface area (Å²) in [4.78, 5) is 22.5. The van der Waals surface area contributed by atoms with E-state index in [1.54, 1.807) is 0 Å². The molecule has 0 heterocycles. The van der Waals surface area contributed by atoms with E-state index < -0.39 is 5.97 Å². The first-order valence-corrected chi connectivity index (χ1v) is 6.82. The Bertz CT molecular complexity index is 286. The molecule has 0 aromatic rings. The van der Waals surface area contributed by atoms with Crippen LogP contribution in [0.5, 0.6) is 0 Å². The minimum Gasteiger partial charge on any atom is -0.481 e. The average Bonchev–Trinajstić information content (AvgIpc) is 2.29. The summed E-state index contributed by atoms with van der Waals surface area (Å²) >= 11 is 0. The van der Waals surface area contributed by atoms with Gasteiger partial charge >= 0.3 is 12.0 Å². The third-order valence-electron chi connectivity index (χ3n) is 3.51. The normalized spacial score (nSPS) is 25.2. The highest BCUT2D eigenvalue weighted by molar-refractivity contribution is 5.74. The third-order valence-corrected chi connectivity index (χ3v) is 3.51. The van der Waals surface area contributed by atoms with E-state index in [1.807, 2.05) is 6.92 Å². The molecule has 1 unspecified atom stereocenters. The number of urea groups is 1. The lowest BCUT2D eigenvalue weighted by Gasteiger charge is -2.27. The SMILES string of the molecule is CCCC(C)NC(=O)NC1CCC(C(=O)O)CC1. The van der Waals surface area contributed by atoms with Crippen LogP contribution in [-0.2, 0) is 4.79 Å². The van der Waals surface area contributed by atoms with Crippen LogP contribution in [0.2, 0.25) is 0 Å². The highest BCUT2D eigenvalue weighted by Gasteiger charge is 2.26. The van der Waals surface area contributed by atoms with Crippen LogP contribution in [0.15, 0.2) is 0 Å². The van der Waals surface area contributed by atoms with Crippen LogP contribution in [0.1, 0.15) is 52.4 Å².